The van der Waals surface area contributed by atoms with Crippen LogP contribution >= 0.6 is 24.0 Å². The van der Waals surface area contributed by atoms with Crippen LogP contribution in [0.15, 0.2) is 65.8 Å². The van der Waals surface area contributed by atoms with Gasteiger partial charge in [-0.25, -0.2) is 4.39 Å². The lowest BCUT2D eigenvalue weighted by Gasteiger charge is -2.13. The minimum atomic E-state index is -0.131. The summed E-state index contributed by atoms with van der Waals surface area (Å²) in [4.78, 5) is 8.69. The number of para-hydroxylation sites is 1. The molecule has 1 heterocycles. The third kappa shape index (κ3) is 4.37. The average molecular weight is 476 g/mol. The van der Waals surface area contributed by atoms with E-state index >= 15 is 0 Å². The van der Waals surface area contributed by atoms with E-state index in [1.807, 2.05) is 42.6 Å². The van der Waals surface area contributed by atoms with Crippen molar-refractivity contribution >= 4 is 40.8 Å². The van der Waals surface area contributed by atoms with E-state index in [9.17, 15) is 4.39 Å². The van der Waals surface area contributed by atoms with Crippen molar-refractivity contribution in [3.8, 4) is 0 Å². The highest BCUT2D eigenvalue weighted by molar-refractivity contribution is 14.0. The van der Waals surface area contributed by atoms with Crippen molar-refractivity contribution < 1.29 is 4.39 Å². The molecule has 1 aliphatic rings. The number of hydrogen-bond donors (Lipinski definition) is 2. The van der Waals surface area contributed by atoms with Crippen molar-refractivity contribution in [2.24, 2.45) is 4.99 Å². The fraction of sp³-hybridized carbons (Fsp3) is 0.238. The number of hydrogen-bond acceptors (Lipinski definition) is 2. The normalized spacial score (nSPS) is 18.7. The summed E-state index contributed by atoms with van der Waals surface area (Å²) in [6.07, 6.45) is 2.74. The minimum Gasteiger partial charge on any atom is -0.353 e. The first kappa shape index (κ1) is 19.5. The molecule has 140 valence electrons. The van der Waals surface area contributed by atoms with Gasteiger partial charge in [-0.2, -0.15) is 0 Å². The molecule has 2 atom stereocenters. The second-order valence-corrected chi connectivity index (χ2v) is 6.53. The monoisotopic (exact) mass is 476 g/mol. The second kappa shape index (κ2) is 8.65. The van der Waals surface area contributed by atoms with E-state index < -0.39 is 0 Å². The number of aromatic nitrogens is 1. The molecule has 0 amide bonds. The van der Waals surface area contributed by atoms with Crippen molar-refractivity contribution in [2.45, 2.75) is 24.9 Å². The Bertz CT molecular complexity index is 954. The molecular formula is C21H22FIN4. The van der Waals surface area contributed by atoms with E-state index in [1.54, 1.807) is 13.1 Å². The number of benzene rings is 2. The Kier molecular flexibility index (Phi) is 6.26. The van der Waals surface area contributed by atoms with Crippen molar-refractivity contribution in [3.05, 3.63) is 77.7 Å². The number of rotatable bonds is 4. The highest BCUT2D eigenvalue weighted by Crippen LogP contribution is 2.41. The summed E-state index contributed by atoms with van der Waals surface area (Å²) in [5, 5.41) is 7.88. The Labute approximate surface area is 175 Å². The van der Waals surface area contributed by atoms with Gasteiger partial charge in [0.15, 0.2) is 5.96 Å². The van der Waals surface area contributed by atoms with Crippen LogP contribution < -0.4 is 10.6 Å². The van der Waals surface area contributed by atoms with Crippen LogP contribution in [0.25, 0.3) is 10.9 Å². The summed E-state index contributed by atoms with van der Waals surface area (Å²) >= 11 is 0. The summed E-state index contributed by atoms with van der Waals surface area (Å²) in [6.45, 7) is 0.653. The van der Waals surface area contributed by atoms with E-state index in [0.717, 1.165) is 28.8 Å². The molecule has 4 nitrogen and oxygen atoms in total. The Morgan fingerprint density at radius 3 is 2.74 bits per heavy atom. The van der Waals surface area contributed by atoms with Gasteiger partial charge in [0.25, 0.3) is 0 Å². The number of nitrogens with zero attached hydrogens (tertiary/aromatic N) is 2. The third-order valence-electron chi connectivity index (χ3n) is 4.83. The van der Waals surface area contributed by atoms with Crippen LogP contribution in [-0.2, 0) is 6.54 Å². The molecule has 1 aromatic heterocycles. The first-order valence-corrected chi connectivity index (χ1v) is 8.80. The SMILES string of the molecule is CN=C(NCc1ccnc2ccccc12)NC1CC1c1ccccc1F.I. The zero-order valence-corrected chi connectivity index (χ0v) is 17.4. The zero-order valence-electron chi connectivity index (χ0n) is 15.0. The quantitative estimate of drug-likeness (QED) is 0.337. The first-order valence-electron chi connectivity index (χ1n) is 8.80. The summed E-state index contributed by atoms with van der Waals surface area (Å²) in [5.74, 6) is 0.805. The number of fused-ring (bicyclic) bond motifs is 1. The van der Waals surface area contributed by atoms with Gasteiger partial charge >= 0.3 is 0 Å². The van der Waals surface area contributed by atoms with E-state index in [0.29, 0.717) is 6.54 Å². The minimum absolute atomic E-state index is 0. The van der Waals surface area contributed by atoms with Crippen molar-refractivity contribution in [2.75, 3.05) is 7.05 Å². The molecule has 1 saturated carbocycles. The molecule has 0 radical (unpaired) electrons. The van der Waals surface area contributed by atoms with Crippen LogP contribution in [-0.4, -0.2) is 24.0 Å². The Morgan fingerprint density at radius 2 is 1.93 bits per heavy atom. The molecule has 2 aromatic carbocycles. The maximum absolute atomic E-state index is 13.9. The van der Waals surface area contributed by atoms with Crippen LogP contribution in [0.1, 0.15) is 23.5 Å². The van der Waals surface area contributed by atoms with Crippen LogP contribution in [0.5, 0.6) is 0 Å². The molecule has 4 rings (SSSR count). The third-order valence-corrected chi connectivity index (χ3v) is 4.83. The van der Waals surface area contributed by atoms with Gasteiger partial charge in [0.05, 0.1) is 5.52 Å². The maximum atomic E-state index is 13.9. The molecule has 2 N–H and O–H groups in total. The Hall–Kier alpha value is -2.22. The molecule has 27 heavy (non-hydrogen) atoms. The highest BCUT2D eigenvalue weighted by atomic mass is 127. The number of halogens is 2. The van der Waals surface area contributed by atoms with Gasteiger partial charge in [-0.15, -0.1) is 24.0 Å². The van der Waals surface area contributed by atoms with Gasteiger partial charge in [0.2, 0.25) is 0 Å². The summed E-state index contributed by atoms with van der Waals surface area (Å²) in [5.41, 5.74) is 2.93. The van der Waals surface area contributed by atoms with Crippen LogP contribution in [0, 0.1) is 5.82 Å². The lowest BCUT2D eigenvalue weighted by molar-refractivity contribution is 0.607. The predicted molar refractivity (Wildman–Crippen MR) is 118 cm³/mol. The van der Waals surface area contributed by atoms with Gasteiger partial charge in [0.1, 0.15) is 5.82 Å². The molecule has 1 fully saturated rings. The van der Waals surface area contributed by atoms with Crippen LogP contribution in [0.3, 0.4) is 0 Å². The van der Waals surface area contributed by atoms with E-state index in [-0.39, 0.29) is 41.8 Å². The highest BCUT2D eigenvalue weighted by Gasteiger charge is 2.40. The average Bonchev–Trinajstić information content (AvgIpc) is 3.44. The first-order chi connectivity index (χ1) is 12.8. The summed E-state index contributed by atoms with van der Waals surface area (Å²) < 4.78 is 13.9. The molecule has 0 aliphatic heterocycles. The standard InChI is InChI=1S/C21H21FN4.HI/c1-23-21(26-20-12-17(20)16-7-2-4-8-18(16)22)25-13-14-10-11-24-19-9-5-3-6-15(14)19;/h2-11,17,20H,12-13H2,1H3,(H2,23,25,26);1H. The Morgan fingerprint density at radius 1 is 1.15 bits per heavy atom. The molecule has 2 unspecified atom stereocenters. The number of guanidine groups is 1. The molecule has 3 aromatic rings. The van der Waals surface area contributed by atoms with Crippen LogP contribution in [0.4, 0.5) is 4.39 Å². The van der Waals surface area contributed by atoms with E-state index in [1.165, 1.54) is 11.6 Å². The van der Waals surface area contributed by atoms with Gasteiger partial charge in [-0.05, 0) is 35.7 Å². The Balaban J connectivity index is 0.00000210. The predicted octanol–water partition coefficient (Wildman–Crippen LogP) is 4.21. The van der Waals surface area contributed by atoms with Gasteiger partial charge in [0, 0.05) is 37.1 Å². The summed E-state index contributed by atoms with van der Waals surface area (Å²) in [7, 11) is 1.75. The van der Waals surface area contributed by atoms with Crippen LogP contribution in [0.2, 0.25) is 0 Å². The van der Waals surface area contributed by atoms with Crippen molar-refractivity contribution in [1.82, 2.24) is 15.6 Å². The number of pyridine rings is 1. The molecule has 0 spiro atoms. The van der Waals surface area contributed by atoms with Gasteiger partial charge < -0.3 is 10.6 Å². The molecular weight excluding hydrogens is 454 g/mol. The van der Waals surface area contributed by atoms with E-state index in [4.69, 9.17) is 0 Å². The number of aliphatic imine (C=N–C) groups is 1. The smallest absolute Gasteiger partial charge is 0.191 e. The van der Waals surface area contributed by atoms with Gasteiger partial charge in [-0.1, -0.05) is 36.4 Å². The molecule has 0 bridgehead atoms. The van der Waals surface area contributed by atoms with Crippen molar-refractivity contribution in [3.63, 3.8) is 0 Å². The maximum Gasteiger partial charge on any atom is 0.191 e. The zero-order chi connectivity index (χ0) is 17.9. The van der Waals surface area contributed by atoms with Gasteiger partial charge in [-0.3, -0.25) is 9.98 Å². The largest absolute Gasteiger partial charge is 0.353 e. The van der Waals surface area contributed by atoms with E-state index in [2.05, 4.69) is 26.7 Å². The lowest BCUT2D eigenvalue weighted by Crippen LogP contribution is -2.38. The summed E-state index contributed by atoms with van der Waals surface area (Å²) in [6, 6.07) is 17.3. The molecule has 6 heteroatoms. The lowest BCUT2D eigenvalue weighted by atomic mass is 10.1. The van der Waals surface area contributed by atoms with Crippen molar-refractivity contribution in [1.29, 1.82) is 0 Å². The topological polar surface area (TPSA) is 49.3 Å². The fourth-order valence-corrected chi connectivity index (χ4v) is 3.33. The fourth-order valence-electron chi connectivity index (χ4n) is 3.33. The molecule has 0 saturated heterocycles. The number of nitrogens with one attached hydrogen (secondary N) is 2. The second-order valence-electron chi connectivity index (χ2n) is 6.53. The molecule has 1 aliphatic carbocycles.